The van der Waals surface area contributed by atoms with E-state index >= 15 is 0 Å². The molecule has 5 heteroatoms. The summed E-state index contributed by atoms with van der Waals surface area (Å²) in [4.78, 5) is 16.5. The number of benzene rings is 2. The lowest BCUT2D eigenvalue weighted by atomic mass is 10.1. The summed E-state index contributed by atoms with van der Waals surface area (Å²) in [5.41, 5.74) is 0.0633. The highest BCUT2D eigenvalue weighted by Gasteiger charge is 2.11. The maximum absolute atomic E-state index is 11.2. The number of carbonyl (C=O) groups is 1. The Hall–Kier alpha value is -1.85. The Morgan fingerprint density at radius 2 is 1.81 bits per heavy atom. The van der Waals surface area contributed by atoms with Crippen LogP contribution in [0.15, 0.2) is 69.0 Å². The highest BCUT2D eigenvalue weighted by molar-refractivity contribution is 9.10. The number of hydrogen-bond acceptors (Lipinski definition) is 3. The zero-order valence-corrected chi connectivity index (χ0v) is 13.2. The smallest absolute Gasteiger partial charge is 0.354 e. The molecule has 0 saturated heterocycles. The maximum atomic E-state index is 11.2. The highest BCUT2D eigenvalue weighted by Crippen LogP contribution is 2.33. The number of rotatable bonds is 3. The summed E-state index contributed by atoms with van der Waals surface area (Å²) in [5, 5.41) is 11.7. The van der Waals surface area contributed by atoms with Gasteiger partial charge in [0.05, 0.1) is 0 Å². The normalized spacial score (nSPS) is 10.7. The Labute approximate surface area is 134 Å². The van der Waals surface area contributed by atoms with E-state index in [4.69, 9.17) is 0 Å². The standard InChI is InChI=1S/C16H10BrNO2S/c17-11-5-7-12(8-6-11)21-15-13-4-2-1-3-10(13)9-14(18-15)16(19)20/h1-9H,(H,19,20). The number of aromatic nitrogens is 1. The molecular weight excluding hydrogens is 350 g/mol. The molecule has 0 spiro atoms. The van der Waals surface area contributed by atoms with Crippen molar-refractivity contribution in [2.24, 2.45) is 0 Å². The second-order valence-corrected chi connectivity index (χ2v) is 6.37. The van der Waals surface area contributed by atoms with Crippen molar-refractivity contribution in [2.75, 3.05) is 0 Å². The molecule has 0 aliphatic heterocycles. The van der Waals surface area contributed by atoms with Crippen LogP contribution in [-0.4, -0.2) is 16.1 Å². The van der Waals surface area contributed by atoms with E-state index in [1.54, 1.807) is 6.07 Å². The van der Waals surface area contributed by atoms with Gasteiger partial charge in [-0.1, -0.05) is 52.0 Å². The van der Waals surface area contributed by atoms with Crippen LogP contribution in [0.1, 0.15) is 10.5 Å². The van der Waals surface area contributed by atoms with Gasteiger partial charge in [-0.2, -0.15) is 0 Å². The lowest BCUT2D eigenvalue weighted by Gasteiger charge is -2.07. The highest BCUT2D eigenvalue weighted by atomic mass is 79.9. The van der Waals surface area contributed by atoms with Crippen LogP contribution in [0.2, 0.25) is 0 Å². The molecule has 0 unspecified atom stereocenters. The molecule has 0 aliphatic carbocycles. The van der Waals surface area contributed by atoms with Crippen LogP contribution in [0.4, 0.5) is 0 Å². The van der Waals surface area contributed by atoms with Gasteiger partial charge >= 0.3 is 5.97 Å². The van der Waals surface area contributed by atoms with Gasteiger partial charge in [-0.05, 0) is 35.7 Å². The number of nitrogens with zero attached hydrogens (tertiary/aromatic N) is 1. The van der Waals surface area contributed by atoms with E-state index in [1.165, 1.54) is 11.8 Å². The van der Waals surface area contributed by atoms with Crippen molar-refractivity contribution in [3.63, 3.8) is 0 Å². The first-order valence-electron chi connectivity index (χ1n) is 6.20. The number of halogens is 1. The molecule has 0 aliphatic rings. The van der Waals surface area contributed by atoms with Gasteiger partial charge in [0.15, 0.2) is 0 Å². The van der Waals surface area contributed by atoms with E-state index in [2.05, 4.69) is 20.9 Å². The van der Waals surface area contributed by atoms with Crippen molar-refractivity contribution in [3.05, 3.63) is 64.8 Å². The van der Waals surface area contributed by atoms with Gasteiger partial charge in [-0.25, -0.2) is 9.78 Å². The van der Waals surface area contributed by atoms with Crippen LogP contribution in [0.3, 0.4) is 0 Å². The number of fused-ring (bicyclic) bond motifs is 1. The molecule has 0 atom stereocenters. The molecule has 0 bridgehead atoms. The molecule has 104 valence electrons. The number of hydrogen-bond donors (Lipinski definition) is 1. The Kier molecular flexibility index (Phi) is 3.94. The topological polar surface area (TPSA) is 50.2 Å². The van der Waals surface area contributed by atoms with Crippen LogP contribution in [-0.2, 0) is 0 Å². The third-order valence-corrected chi connectivity index (χ3v) is 4.49. The number of carboxylic acids is 1. The SMILES string of the molecule is O=C(O)c1cc2ccccc2c(Sc2ccc(Br)cc2)n1. The summed E-state index contributed by atoms with van der Waals surface area (Å²) < 4.78 is 1.00. The minimum Gasteiger partial charge on any atom is -0.477 e. The van der Waals surface area contributed by atoms with E-state index < -0.39 is 5.97 Å². The Morgan fingerprint density at radius 3 is 2.52 bits per heavy atom. The molecule has 21 heavy (non-hydrogen) atoms. The minimum absolute atomic E-state index is 0.0633. The largest absolute Gasteiger partial charge is 0.477 e. The average Bonchev–Trinajstić information content (AvgIpc) is 2.49. The number of carboxylic acid groups (broad SMARTS) is 1. The van der Waals surface area contributed by atoms with Crippen molar-refractivity contribution in [2.45, 2.75) is 9.92 Å². The fourth-order valence-corrected chi connectivity index (χ4v) is 3.17. The van der Waals surface area contributed by atoms with Crippen LogP contribution in [0.25, 0.3) is 10.8 Å². The van der Waals surface area contributed by atoms with Gasteiger partial charge in [0.1, 0.15) is 10.7 Å². The predicted molar refractivity (Wildman–Crippen MR) is 87.0 cm³/mol. The molecule has 2 aromatic carbocycles. The summed E-state index contributed by atoms with van der Waals surface area (Å²) in [6.45, 7) is 0. The second kappa shape index (κ2) is 5.87. The molecule has 3 rings (SSSR count). The first kappa shape index (κ1) is 14.1. The first-order valence-corrected chi connectivity index (χ1v) is 7.81. The van der Waals surface area contributed by atoms with Gasteiger partial charge in [-0.15, -0.1) is 0 Å². The Bertz CT molecular complexity index is 818. The van der Waals surface area contributed by atoms with Crippen LogP contribution >= 0.6 is 27.7 Å². The quantitative estimate of drug-likeness (QED) is 0.726. The van der Waals surface area contributed by atoms with Gasteiger partial charge in [0, 0.05) is 14.8 Å². The molecule has 0 fully saturated rings. The van der Waals surface area contributed by atoms with Crippen molar-refractivity contribution in [3.8, 4) is 0 Å². The van der Waals surface area contributed by atoms with E-state index in [9.17, 15) is 9.90 Å². The van der Waals surface area contributed by atoms with Gasteiger partial charge in [0.2, 0.25) is 0 Å². The molecule has 1 heterocycles. The Balaban J connectivity index is 2.11. The lowest BCUT2D eigenvalue weighted by molar-refractivity contribution is 0.0690. The summed E-state index contributed by atoms with van der Waals surface area (Å²) in [5.74, 6) is -1.02. The van der Waals surface area contributed by atoms with Gasteiger partial charge in [-0.3, -0.25) is 0 Å². The third-order valence-electron chi connectivity index (χ3n) is 2.95. The van der Waals surface area contributed by atoms with Crippen LogP contribution < -0.4 is 0 Å². The van der Waals surface area contributed by atoms with Crippen molar-refractivity contribution < 1.29 is 9.90 Å². The monoisotopic (exact) mass is 359 g/mol. The average molecular weight is 360 g/mol. The fourth-order valence-electron chi connectivity index (χ4n) is 1.97. The summed E-state index contributed by atoms with van der Waals surface area (Å²) in [7, 11) is 0. The molecule has 3 nitrogen and oxygen atoms in total. The van der Waals surface area contributed by atoms with E-state index in [-0.39, 0.29) is 5.69 Å². The molecule has 3 aromatic rings. The summed E-state index contributed by atoms with van der Waals surface area (Å²) in [6, 6.07) is 17.1. The molecular formula is C16H10BrNO2S. The minimum atomic E-state index is -1.02. The first-order chi connectivity index (χ1) is 10.1. The summed E-state index contributed by atoms with van der Waals surface area (Å²) in [6.07, 6.45) is 0. The van der Waals surface area contributed by atoms with E-state index in [0.717, 1.165) is 20.1 Å². The van der Waals surface area contributed by atoms with Gasteiger partial charge in [0.25, 0.3) is 0 Å². The van der Waals surface area contributed by atoms with Crippen LogP contribution in [0.5, 0.6) is 0 Å². The zero-order chi connectivity index (χ0) is 14.8. The van der Waals surface area contributed by atoms with E-state index in [1.807, 2.05) is 48.5 Å². The molecule has 0 radical (unpaired) electrons. The zero-order valence-electron chi connectivity index (χ0n) is 10.8. The van der Waals surface area contributed by atoms with Crippen molar-refractivity contribution in [1.29, 1.82) is 0 Å². The maximum Gasteiger partial charge on any atom is 0.354 e. The fraction of sp³-hybridized carbons (Fsp3) is 0. The molecule has 1 N–H and O–H groups in total. The predicted octanol–water partition coefficient (Wildman–Crippen LogP) is 4.85. The van der Waals surface area contributed by atoms with E-state index in [0.29, 0.717) is 5.03 Å². The van der Waals surface area contributed by atoms with Gasteiger partial charge < -0.3 is 5.11 Å². The number of pyridine rings is 1. The lowest BCUT2D eigenvalue weighted by Crippen LogP contribution is -2.01. The second-order valence-electron chi connectivity index (χ2n) is 4.39. The summed E-state index contributed by atoms with van der Waals surface area (Å²) >= 11 is 4.86. The third kappa shape index (κ3) is 3.09. The number of aromatic carboxylic acids is 1. The Morgan fingerprint density at radius 1 is 1.10 bits per heavy atom. The molecule has 1 aromatic heterocycles. The molecule has 0 amide bonds. The van der Waals surface area contributed by atoms with Crippen molar-refractivity contribution in [1.82, 2.24) is 4.98 Å². The van der Waals surface area contributed by atoms with Crippen molar-refractivity contribution >= 4 is 44.4 Å². The van der Waals surface area contributed by atoms with Crippen LogP contribution in [0, 0.1) is 0 Å². The molecule has 0 saturated carbocycles.